The number of imide groups is 1. The van der Waals surface area contributed by atoms with Gasteiger partial charge < -0.3 is 9.80 Å². The van der Waals surface area contributed by atoms with Crippen LogP contribution in [0.5, 0.6) is 0 Å². The zero-order valence-electron chi connectivity index (χ0n) is 22.5. The molecule has 1 unspecified atom stereocenters. The van der Waals surface area contributed by atoms with E-state index in [0.717, 1.165) is 69.5 Å². The molecular weight excluding hydrogens is 486 g/mol. The molecule has 39 heavy (non-hydrogen) atoms. The average molecular weight is 522 g/mol. The van der Waals surface area contributed by atoms with Gasteiger partial charge in [0.1, 0.15) is 0 Å². The molecule has 0 spiro atoms. The Morgan fingerprint density at radius 3 is 1.95 bits per heavy atom. The van der Waals surface area contributed by atoms with Crippen LogP contribution in [0.25, 0.3) is 11.1 Å². The van der Waals surface area contributed by atoms with Gasteiger partial charge in [-0.25, -0.2) is 0 Å². The van der Waals surface area contributed by atoms with Crippen LogP contribution in [0.2, 0.25) is 0 Å². The summed E-state index contributed by atoms with van der Waals surface area (Å²) < 4.78 is 0. The standard InChI is InChI=1S/C33H35N3O3/c1-2-18-35(33(39)30-26-13-5-3-11-24(26)25-12-4-6-14-27(25)30)20-10-9-19-34-21-17-23(22-34)36-31(37)28-15-7-8-16-29(28)32(36)38/h3-8,11-16,23,30H,2,9-10,17-22H2,1H3. The molecule has 2 aliphatic heterocycles. The van der Waals surface area contributed by atoms with Crippen molar-refractivity contribution in [1.82, 2.24) is 14.7 Å². The number of hydrogen-bond donors (Lipinski definition) is 0. The van der Waals surface area contributed by atoms with Crippen LogP contribution in [-0.2, 0) is 4.79 Å². The van der Waals surface area contributed by atoms with Gasteiger partial charge in [0.25, 0.3) is 11.8 Å². The third kappa shape index (κ3) is 4.57. The molecule has 1 atom stereocenters. The smallest absolute Gasteiger partial charge is 0.261 e. The van der Waals surface area contributed by atoms with Crippen molar-refractivity contribution in [2.45, 2.75) is 44.6 Å². The monoisotopic (exact) mass is 521 g/mol. The number of fused-ring (bicyclic) bond motifs is 4. The minimum Gasteiger partial charge on any atom is -0.342 e. The fourth-order valence-electron chi connectivity index (χ4n) is 6.61. The van der Waals surface area contributed by atoms with Crippen molar-refractivity contribution in [3.8, 4) is 11.1 Å². The molecule has 0 bridgehead atoms. The van der Waals surface area contributed by atoms with E-state index in [1.54, 1.807) is 12.1 Å². The summed E-state index contributed by atoms with van der Waals surface area (Å²) in [6.45, 7) is 6.13. The van der Waals surface area contributed by atoms with Crippen LogP contribution in [0.15, 0.2) is 72.8 Å². The molecule has 1 fully saturated rings. The Morgan fingerprint density at radius 2 is 1.36 bits per heavy atom. The highest BCUT2D eigenvalue weighted by Gasteiger charge is 2.42. The molecule has 0 radical (unpaired) electrons. The summed E-state index contributed by atoms with van der Waals surface area (Å²) in [5.74, 6) is -0.360. The van der Waals surface area contributed by atoms with Crippen molar-refractivity contribution in [2.75, 3.05) is 32.7 Å². The van der Waals surface area contributed by atoms with Gasteiger partial charge in [-0.1, -0.05) is 67.6 Å². The first-order valence-electron chi connectivity index (χ1n) is 14.2. The Labute approximate surface area is 230 Å². The molecular formula is C33H35N3O3. The Bertz CT molecular complexity index is 1340. The molecule has 1 aliphatic carbocycles. The predicted octanol–water partition coefficient (Wildman–Crippen LogP) is 5.19. The van der Waals surface area contributed by atoms with Crippen LogP contribution < -0.4 is 0 Å². The number of rotatable bonds is 9. The zero-order valence-corrected chi connectivity index (χ0v) is 22.5. The first-order chi connectivity index (χ1) is 19.1. The lowest BCUT2D eigenvalue weighted by Gasteiger charge is -2.27. The lowest BCUT2D eigenvalue weighted by molar-refractivity contribution is -0.132. The first kappa shape index (κ1) is 25.5. The van der Waals surface area contributed by atoms with Crippen LogP contribution in [-0.4, -0.2) is 71.2 Å². The van der Waals surface area contributed by atoms with Crippen LogP contribution in [0.1, 0.15) is 70.4 Å². The second-order valence-electron chi connectivity index (χ2n) is 10.9. The topological polar surface area (TPSA) is 60.9 Å². The third-order valence-electron chi connectivity index (χ3n) is 8.48. The maximum atomic E-state index is 13.9. The van der Waals surface area contributed by atoms with E-state index in [2.05, 4.69) is 41.0 Å². The van der Waals surface area contributed by atoms with E-state index in [1.165, 1.54) is 16.0 Å². The van der Waals surface area contributed by atoms with Crippen molar-refractivity contribution < 1.29 is 14.4 Å². The van der Waals surface area contributed by atoms with Gasteiger partial charge in [-0.2, -0.15) is 0 Å². The minimum absolute atomic E-state index is 0.0712. The molecule has 1 saturated heterocycles. The summed E-state index contributed by atoms with van der Waals surface area (Å²) in [6, 6.07) is 23.6. The second kappa shape index (κ2) is 10.8. The maximum absolute atomic E-state index is 13.9. The van der Waals surface area contributed by atoms with Gasteiger partial charge in [-0.15, -0.1) is 0 Å². The number of hydrogen-bond acceptors (Lipinski definition) is 4. The summed E-state index contributed by atoms with van der Waals surface area (Å²) in [4.78, 5) is 45.5. The largest absolute Gasteiger partial charge is 0.342 e. The van der Waals surface area contributed by atoms with Gasteiger partial charge in [-0.05, 0) is 66.6 Å². The fraction of sp³-hybridized carbons (Fsp3) is 0.364. The molecule has 0 saturated carbocycles. The Balaban J connectivity index is 1.05. The van der Waals surface area contributed by atoms with Crippen LogP contribution in [0.3, 0.4) is 0 Å². The maximum Gasteiger partial charge on any atom is 0.261 e. The molecule has 0 N–H and O–H groups in total. The molecule has 3 aromatic carbocycles. The Hall–Kier alpha value is -3.77. The number of carbonyl (C=O) groups is 3. The molecule has 6 nitrogen and oxygen atoms in total. The van der Waals surface area contributed by atoms with Crippen LogP contribution >= 0.6 is 0 Å². The van der Waals surface area contributed by atoms with Crippen molar-refractivity contribution in [2.24, 2.45) is 0 Å². The Kier molecular flexibility index (Phi) is 7.05. The minimum atomic E-state index is -0.233. The fourth-order valence-corrected chi connectivity index (χ4v) is 6.61. The van der Waals surface area contributed by atoms with Gasteiger partial charge in [-0.3, -0.25) is 19.3 Å². The predicted molar refractivity (Wildman–Crippen MR) is 152 cm³/mol. The molecule has 6 rings (SSSR count). The van der Waals surface area contributed by atoms with E-state index in [-0.39, 0.29) is 29.7 Å². The summed E-state index contributed by atoms with van der Waals surface area (Å²) >= 11 is 0. The highest BCUT2D eigenvalue weighted by Crippen LogP contribution is 2.45. The number of carbonyl (C=O) groups excluding carboxylic acids is 3. The van der Waals surface area contributed by atoms with Gasteiger partial charge >= 0.3 is 0 Å². The Morgan fingerprint density at radius 1 is 0.795 bits per heavy atom. The van der Waals surface area contributed by atoms with Crippen molar-refractivity contribution >= 4 is 17.7 Å². The van der Waals surface area contributed by atoms with Crippen molar-refractivity contribution in [3.05, 3.63) is 95.1 Å². The molecule has 0 aromatic heterocycles. The zero-order chi connectivity index (χ0) is 26.9. The quantitative estimate of drug-likeness (QED) is 0.287. The lowest BCUT2D eigenvalue weighted by Crippen LogP contribution is -2.41. The number of benzene rings is 3. The molecule has 2 heterocycles. The number of nitrogens with zero attached hydrogens (tertiary/aromatic N) is 3. The van der Waals surface area contributed by atoms with Crippen LogP contribution in [0.4, 0.5) is 0 Å². The van der Waals surface area contributed by atoms with Gasteiger partial charge in [0.15, 0.2) is 0 Å². The lowest BCUT2D eigenvalue weighted by atomic mass is 9.95. The molecule has 3 amide bonds. The first-order valence-corrected chi connectivity index (χ1v) is 14.2. The second-order valence-corrected chi connectivity index (χ2v) is 10.9. The van der Waals surface area contributed by atoms with Crippen molar-refractivity contribution in [1.29, 1.82) is 0 Å². The van der Waals surface area contributed by atoms with Gasteiger partial charge in [0, 0.05) is 26.2 Å². The summed E-state index contributed by atoms with van der Waals surface area (Å²) in [5.41, 5.74) is 5.61. The van der Waals surface area contributed by atoms with Crippen LogP contribution in [0, 0.1) is 0 Å². The molecule has 3 aromatic rings. The average Bonchev–Trinajstić information content (AvgIpc) is 3.63. The van der Waals surface area contributed by atoms with Crippen molar-refractivity contribution in [3.63, 3.8) is 0 Å². The summed E-state index contributed by atoms with van der Waals surface area (Å²) in [6.07, 6.45) is 3.64. The third-order valence-corrected chi connectivity index (χ3v) is 8.48. The molecule has 3 aliphatic rings. The normalized spacial score (nSPS) is 18.4. The van der Waals surface area contributed by atoms with E-state index in [1.807, 2.05) is 36.4 Å². The van der Waals surface area contributed by atoms with E-state index in [9.17, 15) is 14.4 Å². The SMILES string of the molecule is CCCN(CCCCN1CCC(N2C(=O)c3ccccc3C2=O)C1)C(=O)C1c2ccccc2-c2ccccc21. The molecule has 6 heteroatoms. The van der Waals surface area contributed by atoms with Gasteiger partial charge in [0.2, 0.25) is 5.91 Å². The summed E-state index contributed by atoms with van der Waals surface area (Å²) in [5, 5.41) is 0. The van der Waals surface area contributed by atoms with E-state index in [0.29, 0.717) is 11.1 Å². The number of amides is 3. The summed E-state index contributed by atoms with van der Waals surface area (Å²) in [7, 11) is 0. The highest BCUT2D eigenvalue weighted by atomic mass is 16.2. The van der Waals surface area contributed by atoms with Gasteiger partial charge in [0.05, 0.1) is 23.1 Å². The molecule has 200 valence electrons. The van der Waals surface area contributed by atoms with E-state index in [4.69, 9.17) is 0 Å². The highest BCUT2D eigenvalue weighted by molar-refractivity contribution is 6.21. The number of unbranched alkanes of at least 4 members (excludes halogenated alkanes) is 1. The van der Waals surface area contributed by atoms with E-state index >= 15 is 0 Å². The van der Waals surface area contributed by atoms with E-state index < -0.39 is 0 Å². The number of likely N-dealkylation sites (tertiary alicyclic amines) is 1.